The second kappa shape index (κ2) is 4.77. The molecule has 2 bridgehead atoms. The predicted octanol–water partition coefficient (Wildman–Crippen LogP) is 2.80. The Bertz CT molecular complexity index is 851. The van der Waals surface area contributed by atoms with E-state index in [0.717, 1.165) is 6.07 Å². The Kier molecular flexibility index (Phi) is 3.17. The Morgan fingerprint density at radius 3 is 2.42 bits per heavy atom. The number of nitrogens with zero attached hydrogens (tertiary/aromatic N) is 3. The maximum atomic E-state index is 13.7. The molecule has 1 aromatic rings. The molecular formula is C17H13FN4O2. The standard InChI is InChI=1S/C17H13FN4O2/c1-10-15(2)23-13(11-4-3-5-12(18)6-11)16(7-19,8-20)17(10,9-21)14(22)24-15/h3-6,10,13,22H,1-2H3/t10-,13-,15+,17-/m0/s1. The highest BCUT2D eigenvalue weighted by Crippen LogP contribution is 2.66. The Labute approximate surface area is 138 Å². The van der Waals surface area contributed by atoms with E-state index in [1.807, 2.05) is 18.2 Å². The summed E-state index contributed by atoms with van der Waals surface area (Å²) >= 11 is 0. The monoisotopic (exact) mass is 324 g/mol. The van der Waals surface area contributed by atoms with E-state index in [0.29, 0.717) is 0 Å². The lowest BCUT2D eigenvalue weighted by Gasteiger charge is -2.47. The van der Waals surface area contributed by atoms with Gasteiger partial charge in [0.1, 0.15) is 11.9 Å². The molecule has 24 heavy (non-hydrogen) atoms. The molecule has 2 aliphatic rings. The number of fused-ring (bicyclic) bond motifs is 2. The molecule has 2 saturated heterocycles. The highest BCUT2D eigenvalue weighted by molar-refractivity contribution is 5.89. The maximum Gasteiger partial charge on any atom is 0.214 e. The zero-order valence-corrected chi connectivity index (χ0v) is 13.0. The zero-order chi connectivity index (χ0) is 17.8. The quantitative estimate of drug-likeness (QED) is 0.853. The van der Waals surface area contributed by atoms with Crippen molar-refractivity contribution in [3.8, 4) is 18.2 Å². The van der Waals surface area contributed by atoms with Crippen LogP contribution in [0, 0.1) is 62.0 Å². The van der Waals surface area contributed by atoms with E-state index in [2.05, 4.69) is 0 Å². The SMILES string of the molecule is C[C@H]1[C@@]2(C)OC(=N)[C@@]1(C#N)C(C#N)(C#N)[C@H](c1cccc(F)c1)O2. The highest BCUT2D eigenvalue weighted by atomic mass is 19.1. The van der Waals surface area contributed by atoms with E-state index in [1.54, 1.807) is 13.8 Å². The number of ether oxygens (including phenoxy) is 2. The van der Waals surface area contributed by atoms with Gasteiger partial charge in [-0.1, -0.05) is 19.1 Å². The number of halogens is 1. The van der Waals surface area contributed by atoms with Crippen LogP contribution in [0.15, 0.2) is 24.3 Å². The third kappa shape index (κ3) is 1.56. The van der Waals surface area contributed by atoms with Gasteiger partial charge in [-0.2, -0.15) is 15.8 Å². The van der Waals surface area contributed by atoms with Gasteiger partial charge in [0.25, 0.3) is 0 Å². The van der Waals surface area contributed by atoms with Gasteiger partial charge < -0.3 is 9.47 Å². The van der Waals surface area contributed by atoms with Gasteiger partial charge in [-0.15, -0.1) is 0 Å². The second-order valence-electron chi connectivity index (χ2n) is 6.17. The average molecular weight is 324 g/mol. The van der Waals surface area contributed by atoms with Crippen LogP contribution in [0.5, 0.6) is 0 Å². The fourth-order valence-corrected chi connectivity index (χ4v) is 3.68. The van der Waals surface area contributed by atoms with Crippen molar-refractivity contribution in [2.45, 2.75) is 25.7 Å². The van der Waals surface area contributed by atoms with Crippen molar-refractivity contribution >= 4 is 5.90 Å². The molecule has 0 aliphatic carbocycles. The molecule has 0 radical (unpaired) electrons. The van der Waals surface area contributed by atoms with Gasteiger partial charge in [-0.3, -0.25) is 5.41 Å². The van der Waals surface area contributed by atoms with Crippen LogP contribution < -0.4 is 0 Å². The van der Waals surface area contributed by atoms with Gasteiger partial charge in [0.2, 0.25) is 17.1 Å². The zero-order valence-electron chi connectivity index (χ0n) is 13.0. The Balaban J connectivity index is 2.34. The van der Waals surface area contributed by atoms with E-state index in [9.17, 15) is 20.2 Å². The van der Waals surface area contributed by atoms with Crippen LogP contribution in [0.4, 0.5) is 4.39 Å². The Morgan fingerprint density at radius 1 is 1.21 bits per heavy atom. The molecule has 0 unspecified atom stereocenters. The summed E-state index contributed by atoms with van der Waals surface area (Å²) in [4.78, 5) is 0. The normalized spacial score (nSPS) is 36.1. The first-order valence-electron chi connectivity index (χ1n) is 7.26. The van der Waals surface area contributed by atoms with Gasteiger partial charge >= 0.3 is 0 Å². The maximum absolute atomic E-state index is 13.7. The summed E-state index contributed by atoms with van der Waals surface area (Å²) in [6.07, 6.45) is -1.23. The van der Waals surface area contributed by atoms with Gasteiger partial charge in [-0.05, 0) is 17.7 Å². The van der Waals surface area contributed by atoms with E-state index in [4.69, 9.17) is 14.9 Å². The second-order valence-corrected chi connectivity index (χ2v) is 6.17. The molecule has 120 valence electrons. The molecule has 0 spiro atoms. The molecule has 2 heterocycles. The summed E-state index contributed by atoms with van der Waals surface area (Å²) in [5.74, 6) is -3.12. The summed E-state index contributed by atoms with van der Waals surface area (Å²) < 4.78 is 25.0. The molecule has 7 heteroatoms. The summed E-state index contributed by atoms with van der Waals surface area (Å²) in [5.41, 5.74) is -3.60. The van der Waals surface area contributed by atoms with E-state index >= 15 is 0 Å². The first-order chi connectivity index (χ1) is 11.3. The lowest BCUT2D eigenvalue weighted by molar-refractivity contribution is -0.268. The van der Waals surface area contributed by atoms with Crippen LogP contribution in [0.25, 0.3) is 0 Å². The highest BCUT2D eigenvalue weighted by Gasteiger charge is 2.78. The van der Waals surface area contributed by atoms with Crippen LogP contribution in [0.2, 0.25) is 0 Å². The minimum absolute atomic E-state index is 0.245. The minimum atomic E-state index is -2.04. The molecule has 0 amide bonds. The number of hydrogen-bond acceptors (Lipinski definition) is 6. The topological polar surface area (TPSA) is 114 Å². The van der Waals surface area contributed by atoms with Crippen LogP contribution in [0.3, 0.4) is 0 Å². The first-order valence-corrected chi connectivity index (χ1v) is 7.26. The fourth-order valence-electron chi connectivity index (χ4n) is 3.68. The minimum Gasteiger partial charge on any atom is -0.448 e. The van der Waals surface area contributed by atoms with E-state index in [1.165, 1.54) is 18.2 Å². The van der Waals surface area contributed by atoms with E-state index in [-0.39, 0.29) is 5.56 Å². The fraction of sp³-hybridized carbons (Fsp3) is 0.412. The van der Waals surface area contributed by atoms with Crippen LogP contribution in [-0.4, -0.2) is 11.7 Å². The van der Waals surface area contributed by atoms with Crippen LogP contribution >= 0.6 is 0 Å². The van der Waals surface area contributed by atoms with Crippen molar-refractivity contribution in [3.63, 3.8) is 0 Å². The van der Waals surface area contributed by atoms with Crippen molar-refractivity contribution in [1.29, 1.82) is 21.2 Å². The Hall–Kier alpha value is -2.95. The van der Waals surface area contributed by atoms with Gasteiger partial charge in [-0.25, -0.2) is 4.39 Å². The number of nitriles is 3. The molecule has 0 saturated carbocycles. The van der Waals surface area contributed by atoms with Crippen molar-refractivity contribution in [1.82, 2.24) is 0 Å². The summed E-state index contributed by atoms with van der Waals surface area (Å²) in [7, 11) is 0. The van der Waals surface area contributed by atoms with Crippen LogP contribution in [0.1, 0.15) is 25.5 Å². The number of benzene rings is 1. The molecular weight excluding hydrogens is 311 g/mol. The van der Waals surface area contributed by atoms with Gasteiger partial charge in [0, 0.05) is 6.92 Å². The van der Waals surface area contributed by atoms with Crippen molar-refractivity contribution in [2.75, 3.05) is 0 Å². The first kappa shape index (κ1) is 15.9. The Morgan fingerprint density at radius 2 is 1.88 bits per heavy atom. The summed E-state index contributed by atoms with van der Waals surface area (Å²) in [6.45, 7) is 3.16. The van der Waals surface area contributed by atoms with Crippen molar-refractivity contribution in [2.24, 2.45) is 16.7 Å². The predicted molar refractivity (Wildman–Crippen MR) is 78.3 cm³/mol. The van der Waals surface area contributed by atoms with Crippen molar-refractivity contribution in [3.05, 3.63) is 35.6 Å². The molecule has 1 N–H and O–H groups in total. The summed E-state index contributed by atoms with van der Waals surface area (Å²) in [5, 5.41) is 37.6. The molecule has 2 aliphatic heterocycles. The van der Waals surface area contributed by atoms with Crippen LogP contribution in [-0.2, 0) is 9.47 Å². The molecule has 3 rings (SSSR count). The number of hydrogen-bond donors (Lipinski definition) is 1. The van der Waals surface area contributed by atoms with Gasteiger partial charge in [0.15, 0.2) is 5.41 Å². The molecule has 6 nitrogen and oxygen atoms in total. The molecule has 0 aromatic heterocycles. The lowest BCUT2D eigenvalue weighted by atomic mass is 9.54. The average Bonchev–Trinajstić information content (AvgIpc) is 2.70. The van der Waals surface area contributed by atoms with Gasteiger partial charge in [0.05, 0.1) is 24.1 Å². The van der Waals surface area contributed by atoms with Crippen molar-refractivity contribution < 1.29 is 13.9 Å². The lowest BCUT2D eigenvalue weighted by Crippen LogP contribution is -2.57. The molecule has 4 atom stereocenters. The third-order valence-electron chi connectivity index (χ3n) is 5.15. The largest absolute Gasteiger partial charge is 0.448 e. The molecule has 1 aromatic carbocycles. The number of rotatable bonds is 1. The smallest absolute Gasteiger partial charge is 0.214 e. The summed E-state index contributed by atoms with van der Waals surface area (Å²) in [6, 6.07) is 11.1. The third-order valence-corrected chi connectivity index (χ3v) is 5.15. The van der Waals surface area contributed by atoms with E-state index < -0.39 is 40.4 Å². The number of nitrogens with one attached hydrogen (secondary N) is 1. The molecule has 2 fully saturated rings.